The molecular formula is C21H23N7O. The van der Waals surface area contributed by atoms with Gasteiger partial charge < -0.3 is 21.1 Å². The van der Waals surface area contributed by atoms with Crippen LogP contribution in [0.25, 0.3) is 10.9 Å². The van der Waals surface area contributed by atoms with E-state index in [0.29, 0.717) is 22.5 Å². The van der Waals surface area contributed by atoms with Crippen molar-refractivity contribution in [1.29, 1.82) is 5.26 Å². The van der Waals surface area contributed by atoms with Gasteiger partial charge in [0.1, 0.15) is 11.9 Å². The van der Waals surface area contributed by atoms with Crippen LogP contribution in [0.2, 0.25) is 0 Å². The lowest BCUT2D eigenvalue weighted by Gasteiger charge is -2.26. The fraction of sp³-hybridized carbons (Fsp3) is 0.286. The van der Waals surface area contributed by atoms with Crippen LogP contribution in [-0.2, 0) is 4.74 Å². The third-order valence-electron chi connectivity index (χ3n) is 4.87. The van der Waals surface area contributed by atoms with E-state index in [-0.39, 0.29) is 0 Å². The Kier molecular flexibility index (Phi) is 5.70. The van der Waals surface area contributed by atoms with E-state index in [1.54, 1.807) is 12.4 Å². The van der Waals surface area contributed by atoms with Gasteiger partial charge in [-0.2, -0.15) is 5.26 Å². The fourth-order valence-corrected chi connectivity index (χ4v) is 3.34. The standard InChI is InChI=1S/C21H23N7O/c22-12-15-13-25-19-14-26-20(24-4-5-28-6-8-29-9-7-28)11-18(19)21(15)27-17-3-1-2-16(23)10-17/h1-3,10-11,13-14H,4-9,23H2,(H,24,26)(H,25,27). The number of nitrogens with two attached hydrogens (primary N) is 1. The van der Waals surface area contributed by atoms with Crippen molar-refractivity contribution in [2.45, 2.75) is 0 Å². The highest BCUT2D eigenvalue weighted by molar-refractivity contribution is 5.96. The number of hydrogen-bond acceptors (Lipinski definition) is 8. The lowest BCUT2D eigenvalue weighted by Crippen LogP contribution is -2.39. The van der Waals surface area contributed by atoms with Gasteiger partial charge in [0, 0.05) is 49.1 Å². The van der Waals surface area contributed by atoms with Crippen LogP contribution < -0.4 is 16.4 Å². The smallest absolute Gasteiger partial charge is 0.126 e. The summed E-state index contributed by atoms with van der Waals surface area (Å²) in [5, 5.41) is 17.1. The molecule has 8 nitrogen and oxygen atoms in total. The normalized spacial score (nSPS) is 14.4. The summed E-state index contributed by atoms with van der Waals surface area (Å²) in [7, 11) is 0. The van der Waals surface area contributed by atoms with Crippen molar-refractivity contribution in [2.75, 3.05) is 55.8 Å². The predicted molar refractivity (Wildman–Crippen MR) is 114 cm³/mol. The molecule has 0 amide bonds. The zero-order chi connectivity index (χ0) is 20.1. The van der Waals surface area contributed by atoms with Crippen LogP contribution in [0.4, 0.5) is 22.9 Å². The average Bonchev–Trinajstić information content (AvgIpc) is 2.75. The van der Waals surface area contributed by atoms with Gasteiger partial charge in [-0.05, 0) is 24.3 Å². The van der Waals surface area contributed by atoms with E-state index in [1.807, 2.05) is 30.3 Å². The van der Waals surface area contributed by atoms with E-state index >= 15 is 0 Å². The Morgan fingerprint density at radius 2 is 2.03 bits per heavy atom. The van der Waals surface area contributed by atoms with Crippen LogP contribution in [0, 0.1) is 11.3 Å². The average molecular weight is 389 g/mol. The number of rotatable bonds is 6. The van der Waals surface area contributed by atoms with Crippen LogP contribution in [0.1, 0.15) is 5.56 Å². The highest BCUT2D eigenvalue weighted by atomic mass is 16.5. The summed E-state index contributed by atoms with van der Waals surface area (Å²) in [4.78, 5) is 11.2. The zero-order valence-corrected chi connectivity index (χ0v) is 16.1. The topological polar surface area (TPSA) is 112 Å². The van der Waals surface area contributed by atoms with Gasteiger partial charge in [0.05, 0.1) is 36.2 Å². The van der Waals surface area contributed by atoms with Gasteiger partial charge in [-0.25, -0.2) is 4.98 Å². The Balaban J connectivity index is 1.57. The maximum Gasteiger partial charge on any atom is 0.126 e. The first-order chi connectivity index (χ1) is 14.2. The molecule has 1 aliphatic rings. The van der Waals surface area contributed by atoms with Gasteiger partial charge in [-0.1, -0.05) is 6.07 Å². The maximum absolute atomic E-state index is 9.56. The van der Waals surface area contributed by atoms with Crippen LogP contribution in [-0.4, -0.2) is 54.3 Å². The first-order valence-corrected chi connectivity index (χ1v) is 9.58. The lowest BCUT2D eigenvalue weighted by molar-refractivity contribution is 0.0398. The third-order valence-corrected chi connectivity index (χ3v) is 4.87. The molecule has 0 aliphatic carbocycles. The number of nitrogens with one attached hydrogen (secondary N) is 2. The SMILES string of the molecule is N#Cc1cnc2cnc(NCCN3CCOCC3)cc2c1Nc1cccc(N)c1. The Morgan fingerprint density at radius 1 is 1.17 bits per heavy atom. The molecule has 1 aromatic carbocycles. The molecule has 3 aromatic rings. The van der Waals surface area contributed by atoms with E-state index in [4.69, 9.17) is 10.5 Å². The molecule has 3 heterocycles. The van der Waals surface area contributed by atoms with Crippen molar-refractivity contribution in [3.05, 3.63) is 48.3 Å². The monoisotopic (exact) mass is 389 g/mol. The van der Waals surface area contributed by atoms with Crippen LogP contribution in [0.15, 0.2) is 42.7 Å². The first-order valence-electron chi connectivity index (χ1n) is 9.58. The molecule has 2 aromatic heterocycles. The highest BCUT2D eigenvalue weighted by Gasteiger charge is 2.12. The molecule has 4 rings (SSSR count). The number of nitrogens with zero attached hydrogens (tertiary/aromatic N) is 4. The van der Waals surface area contributed by atoms with E-state index in [9.17, 15) is 5.26 Å². The van der Waals surface area contributed by atoms with E-state index < -0.39 is 0 Å². The number of fused-ring (bicyclic) bond motifs is 1. The van der Waals surface area contributed by atoms with Crippen LogP contribution in [0.5, 0.6) is 0 Å². The molecule has 4 N–H and O–H groups in total. The second-order valence-electron chi connectivity index (χ2n) is 6.88. The number of nitriles is 1. The number of benzene rings is 1. The van der Waals surface area contributed by atoms with Gasteiger partial charge in [-0.3, -0.25) is 9.88 Å². The molecule has 1 aliphatic heterocycles. The van der Waals surface area contributed by atoms with Gasteiger partial charge in [0.2, 0.25) is 0 Å². The summed E-state index contributed by atoms with van der Waals surface area (Å²) in [6.45, 7) is 5.19. The Bertz CT molecular complexity index is 1040. The molecule has 0 spiro atoms. The molecule has 0 unspecified atom stereocenters. The number of pyridine rings is 2. The Hall–Kier alpha value is -3.41. The minimum Gasteiger partial charge on any atom is -0.399 e. The molecule has 0 radical (unpaired) electrons. The van der Waals surface area contributed by atoms with Gasteiger partial charge in [0.15, 0.2) is 0 Å². The lowest BCUT2D eigenvalue weighted by atomic mass is 10.1. The van der Waals surface area contributed by atoms with E-state index in [2.05, 4.69) is 31.6 Å². The number of aromatic nitrogens is 2. The van der Waals surface area contributed by atoms with Gasteiger partial charge in [0.25, 0.3) is 0 Å². The Labute approximate surface area is 169 Å². The van der Waals surface area contributed by atoms with Crippen molar-refractivity contribution in [3.8, 4) is 6.07 Å². The molecule has 1 fully saturated rings. The largest absolute Gasteiger partial charge is 0.399 e. The molecule has 8 heteroatoms. The summed E-state index contributed by atoms with van der Waals surface area (Å²) in [5.74, 6) is 0.748. The molecule has 0 bridgehead atoms. The second-order valence-corrected chi connectivity index (χ2v) is 6.88. The molecule has 0 saturated carbocycles. The summed E-state index contributed by atoms with van der Waals surface area (Å²) < 4.78 is 5.38. The minimum absolute atomic E-state index is 0.463. The molecule has 29 heavy (non-hydrogen) atoms. The molecule has 148 valence electrons. The van der Waals surface area contributed by atoms with Crippen molar-refractivity contribution in [2.24, 2.45) is 0 Å². The minimum atomic E-state index is 0.463. The zero-order valence-electron chi connectivity index (χ0n) is 16.1. The third kappa shape index (κ3) is 4.54. The van der Waals surface area contributed by atoms with E-state index in [0.717, 1.165) is 56.3 Å². The number of nitrogen functional groups attached to an aromatic ring is 1. The van der Waals surface area contributed by atoms with Crippen molar-refractivity contribution < 1.29 is 4.74 Å². The molecule has 0 atom stereocenters. The maximum atomic E-state index is 9.56. The summed E-state index contributed by atoms with van der Waals surface area (Å²) in [6, 6.07) is 11.6. The summed E-state index contributed by atoms with van der Waals surface area (Å²) in [6.07, 6.45) is 3.28. The predicted octanol–water partition coefficient (Wildman–Crippen LogP) is 2.57. The number of morpholine rings is 1. The number of hydrogen-bond donors (Lipinski definition) is 3. The van der Waals surface area contributed by atoms with Crippen LogP contribution in [0.3, 0.4) is 0 Å². The van der Waals surface area contributed by atoms with Gasteiger partial charge in [-0.15, -0.1) is 0 Å². The molecular weight excluding hydrogens is 366 g/mol. The molecule has 1 saturated heterocycles. The van der Waals surface area contributed by atoms with Crippen LogP contribution >= 0.6 is 0 Å². The first kappa shape index (κ1) is 18.9. The Morgan fingerprint density at radius 3 is 2.83 bits per heavy atom. The van der Waals surface area contributed by atoms with E-state index in [1.165, 1.54) is 0 Å². The highest BCUT2D eigenvalue weighted by Crippen LogP contribution is 2.30. The van der Waals surface area contributed by atoms with Crippen molar-refractivity contribution in [1.82, 2.24) is 14.9 Å². The second kappa shape index (κ2) is 8.73. The van der Waals surface area contributed by atoms with Gasteiger partial charge >= 0.3 is 0 Å². The summed E-state index contributed by atoms with van der Waals surface area (Å²) >= 11 is 0. The van der Waals surface area contributed by atoms with Crippen molar-refractivity contribution in [3.63, 3.8) is 0 Å². The fourth-order valence-electron chi connectivity index (χ4n) is 3.34. The summed E-state index contributed by atoms with van der Waals surface area (Å²) in [5.41, 5.74) is 9.23. The number of anilines is 4. The number of ether oxygens (including phenoxy) is 1. The quantitative estimate of drug-likeness (QED) is 0.552. The van der Waals surface area contributed by atoms with Crippen molar-refractivity contribution >= 4 is 33.8 Å².